The van der Waals surface area contributed by atoms with E-state index in [1.54, 1.807) is 24.4 Å². The molecule has 3 aromatic heterocycles. The smallest absolute Gasteiger partial charge is 0.323 e. The zero-order chi connectivity index (χ0) is 29.9. The van der Waals surface area contributed by atoms with E-state index < -0.39 is 11.8 Å². The second kappa shape index (κ2) is 12.0. The Morgan fingerprint density at radius 2 is 1.67 bits per heavy atom. The van der Waals surface area contributed by atoms with Crippen molar-refractivity contribution >= 4 is 40.0 Å². The number of pyridine rings is 1. The van der Waals surface area contributed by atoms with Crippen molar-refractivity contribution in [3.8, 4) is 22.7 Å². The van der Waals surface area contributed by atoms with Gasteiger partial charge in [0.15, 0.2) is 11.6 Å². The van der Waals surface area contributed by atoms with Gasteiger partial charge in [-0.3, -0.25) is 4.79 Å². The Labute approximate surface area is 246 Å². The minimum absolute atomic E-state index is 0.000867. The average Bonchev–Trinajstić information content (AvgIpc) is 3.44. The summed E-state index contributed by atoms with van der Waals surface area (Å²) in [5, 5.41) is 5.36. The molecule has 1 aliphatic heterocycles. The van der Waals surface area contributed by atoms with Crippen molar-refractivity contribution in [3.63, 3.8) is 0 Å². The fourth-order valence-electron chi connectivity index (χ4n) is 4.88. The largest absolute Gasteiger partial charge is 0.461 e. The van der Waals surface area contributed by atoms with Crippen molar-refractivity contribution < 1.29 is 23.1 Å². The number of benzene rings is 2. The van der Waals surface area contributed by atoms with E-state index in [-0.39, 0.29) is 23.5 Å². The van der Waals surface area contributed by atoms with Crippen LogP contribution in [0, 0.1) is 12.7 Å². The molecule has 43 heavy (non-hydrogen) atoms. The van der Waals surface area contributed by atoms with Gasteiger partial charge >= 0.3 is 6.03 Å². The molecule has 0 bridgehead atoms. The molecule has 218 valence electrons. The number of aryl methyl sites for hydroxylation is 1. The lowest BCUT2D eigenvalue weighted by Gasteiger charge is -2.28. The number of hydrogen-bond donors (Lipinski definition) is 2. The first-order valence-electron chi connectivity index (χ1n) is 13.9. The standard InChI is InChI=1S/C32H29FN6O4/c1-19(40)15-22-6-9-25(17-26(22)33)36-32(41)35-24-7-4-21(5-8-24)30-37-27-16-23(28-10-3-20(2)43-28)18-34-29(27)31(38-30)39-11-13-42-14-12-39/h3-10,16-18H,11-15H2,1-2H3,(H2,35,36,41). The van der Waals surface area contributed by atoms with Crippen molar-refractivity contribution in [1.29, 1.82) is 0 Å². The van der Waals surface area contributed by atoms with Crippen molar-refractivity contribution in [3.05, 3.63) is 84.0 Å². The van der Waals surface area contributed by atoms with E-state index in [0.717, 1.165) is 22.7 Å². The molecule has 0 spiro atoms. The van der Waals surface area contributed by atoms with Crippen molar-refractivity contribution in [2.75, 3.05) is 41.8 Å². The number of nitrogens with one attached hydrogen (secondary N) is 2. The highest BCUT2D eigenvalue weighted by Crippen LogP contribution is 2.31. The fraction of sp³-hybridized carbons (Fsp3) is 0.219. The lowest BCUT2D eigenvalue weighted by Crippen LogP contribution is -2.37. The number of morpholine rings is 1. The number of hydrogen-bond acceptors (Lipinski definition) is 8. The third kappa shape index (κ3) is 6.36. The van der Waals surface area contributed by atoms with E-state index >= 15 is 0 Å². The van der Waals surface area contributed by atoms with Crippen molar-refractivity contribution in [2.45, 2.75) is 20.3 Å². The Bertz CT molecular complexity index is 1820. The Kier molecular flexibility index (Phi) is 7.80. The van der Waals surface area contributed by atoms with E-state index in [1.807, 2.05) is 37.3 Å². The van der Waals surface area contributed by atoms with Gasteiger partial charge in [0.05, 0.1) is 18.7 Å². The number of nitrogens with zero attached hydrogens (tertiary/aromatic N) is 4. The molecule has 0 radical (unpaired) electrons. The van der Waals surface area contributed by atoms with Crippen molar-refractivity contribution in [2.24, 2.45) is 0 Å². The predicted molar refractivity (Wildman–Crippen MR) is 162 cm³/mol. The van der Waals surface area contributed by atoms with Gasteiger partial charge in [0, 0.05) is 48.2 Å². The summed E-state index contributed by atoms with van der Waals surface area (Å²) in [7, 11) is 0. The zero-order valence-corrected chi connectivity index (χ0v) is 23.7. The number of ether oxygens (including phenoxy) is 1. The van der Waals surface area contributed by atoms with E-state index in [0.29, 0.717) is 54.6 Å². The van der Waals surface area contributed by atoms with Gasteiger partial charge in [-0.25, -0.2) is 24.1 Å². The second-order valence-corrected chi connectivity index (χ2v) is 10.3. The van der Waals surface area contributed by atoms with Crippen LogP contribution < -0.4 is 15.5 Å². The van der Waals surface area contributed by atoms with Crippen LogP contribution in [0.5, 0.6) is 0 Å². The lowest BCUT2D eigenvalue weighted by atomic mass is 10.1. The van der Waals surface area contributed by atoms with Gasteiger partial charge in [-0.15, -0.1) is 0 Å². The molecule has 2 aromatic carbocycles. The first-order valence-corrected chi connectivity index (χ1v) is 13.9. The van der Waals surface area contributed by atoms with Gasteiger partial charge in [0.25, 0.3) is 0 Å². The number of Topliss-reactive ketones (excluding diaryl/α,β-unsaturated/α-hetero) is 1. The Balaban J connectivity index is 1.24. The Hall–Kier alpha value is -5.16. The molecule has 2 N–H and O–H groups in total. The second-order valence-electron chi connectivity index (χ2n) is 10.3. The van der Waals surface area contributed by atoms with Crippen molar-refractivity contribution in [1.82, 2.24) is 15.0 Å². The molecule has 5 aromatic rings. The number of anilines is 3. The number of carbonyl (C=O) groups is 2. The molecule has 4 heterocycles. The Morgan fingerprint density at radius 3 is 2.37 bits per heavy atom. The van der Waals surface area contributed by atoms with Crippen LogP contribution in [0.25, 0.3) is 33.7 Å². The number of rotatable bonds is 7. The van der Waals surface area contributed by atoms with E-state index in [2.05, 4.69) is 15.5 Å². The maximum Gasteiger partial charge on any atom is 0.323 e. The quantitative estimate of drug-likeness (QED) is 0.240. The molecule has 1 aliphatic rings. The van der Waals surface area contributed by atoms with Crippen LogP contribution in [0.3, 0.4) is 0 Å². The average molecular weight is 581 g/mol. The SMILES string of the molecule is CC(=O)Cc1ccc(NC(=O)Nc2ccc(-c3nc(N4CCOCC4)c4ncc(-c5ccc(C)o5)cc4n3)cc2)cc1F. The van der Waals surface area contributed by atoms with E-state index in [1.165, 1.54) is 19.1 Å². The van der Waals surface area contributed by atoms with Crippen LogP contribution in [-0.2, 0) is 16.0 Å². The monoisotopic (exact) mass is 580 g/mol. The van der Waals surface area contributed by atoms with E-state index in [4.69, 9.17) is 24.1 Å². The molecular formula is C32H29FN6O4. The summed E-state index contributed by atoms with van der Waals surface area (Å²) in [4.78, 5) is 40.5. The number of furan rings is 1. The van der Waals surface area contributed by atoms with Crippen LogP contribution in [0.15, 0.2) is 71.3 Å². The third-order valence-corrected chi connectivity index (χ3v) is 7.00. The number of carbonyl (C=O) groups excluding carboxylic acids is 2. The highest BCUT2D eigenvalue weighted by Gasteiger charge is 2.20. The number of aromatic nitrogens is 3. The van der Waals surface area contributed by atoms with Crippen LogP contribution in [-0.4, -0.2) is 53.1 Å². The minimum atomic E-state index is -0.550. The Morgan fingerprint density at radius 1 is 0.930 bits per heavy atom. The molecule has 11 heteroatoms. The van der Waals surface area contributed by atoms with Gasteiger partial charge in [-0.1, -0.05) is 6.07 Å². The molecule has 0 saturated carbocycles. The maximum absolute atomic E-state index is 14.3. The summed E-state index contributed by atoms with van der Waals surface area (Å²) in [5.41, 5.74) is 4.03. The molecule has 0 atom stereocenters. The summed E-state index contributed by atoms with van der Waals surface area (Å²) in [5.74, 6) is 2.07. The molecule has 1 saturated heterocycles. The van der Waals surface area contributed by atoms with Crippen LogP contribution >= 0.6 is 0 Å². The minimum Gasteiger partial charge on any atom is -0.461 e. The fourth-order valence-corrected chi connectivity index (χ4v) is 4.88. The molecule has 2 amide bonds. The lowest BCUT2D eigenvalue weighted by molar-refractivity contribution is -0.116. The number of urea groups is 1. The molecule has 0 unspecified atom stereocenters. The first kappa shape index (κ1) is 28.0. The van der Waals surface area contributed by atoms with Gasteiger partial charge in [0.1, 0.15) is 28.6 Å². The van der Waals surface area contributed by atoms with Gasteiger partial charge in [-0.2, -0.15) is 0 Å². The zero-order valence-electron chi connectivity index (χ0n) is 23.7. The summed E-state index contributed by atoms with van der Waals surface area (Å²) >= 11 is 0. The summed E-state index contributed by atoms with van der Waals surface area (Å²) < 4.78 is 25.6. The number of ketones is 1. The molecule has 10 nitrogen and oxygen atoms in total. The number of amides is 2. The summed E-state index contributed by atoms with van der Waals surface area (Å²) in [6.45, 7) is 5.87. The first-order chi connectivity index (χ1) is 20.8. The van der Waals surface area contributed by atoms with Gasteiger partial charge in [0.2, 0.25) is 0 Å². The van der Waals surface area contributed by atoms with Crippen LogP contribution in [0.1, 0.15) is 18.2 Å². The summed E-state index contributed by atoms with van der Waals surface area (Å²) in [6, 6.07) is 16.6. The number of halogens is 1. The highest BCUT2D eigenvalue weighted by atomic mass is 19.1. The van der Waals surface area contributed by atoms with Gasteiger partial charge in [-0.05, 0) is 74.0 Å². The predicted octanol–water partition coefficient (Wildman–Crippen LogP) is 6.01. The molecular weight excluding hydrogens is 551 g/mol. The van der Waals surface area contributed by atoms with Crippen LogP contribution in [0.4, 0.5) is 26.4 Å². The number of fused-ring (bicyclic) bond motifs is 1. The topological polar surface area (TPSA) is 122 Å². The van der Waals surface area contributed by atoms with Crippen LogP contribution in [0.2, 0.25) is 0 Å². The highest BCUT2D eigenvalue weighted by molar-refractivity contribution is 6.00. The molecule has 1 fully saturated rings. The normalized spacial score (nSPS) is 13.2. The van der Waals surface area contributed by atoms with Gasteiger partial charge < -0.3 is 24.7 Å². The molecule has 6 rings (SSSR count). The molecule has 0 aliphatic carbocycles. The third-order valence-electron chi connectivity index (χ3n) is 7.00. The summed E-state index contributed by atoms with van der Waals surface area (Å²) in [6.07, 6.45) is 1.77. The van der Waals surface area contributed by atoms with E-state index in [9.17, 15) is 14.0 Å². The maximum atomic E-state index is 14.3.